The Hall–Kier alpha value is -2.30. The molecule has 0 aliphatic rings. The molecule has 0 bridgehead atoms. The first-order valence-electron chi connectivity index (χ1n) is 8.16. The summed E-state index contributed by atoms with van der Waals surface area (Å²) in [6.45, 7) is 5.75. The van der Waals surface area contributed by atoms with Gasteiger partial charge in [0.25, 0.3) is 0 Å². The number of sulfonamides is 1. The molecule has 0 unspecified atom stereocenters. The van der Waals surface area contributed by atoms with Crippen LogP contribution in [0.25, 0.3) is 0 Å². The lowest BCUT2D eigenvalue weighted by Crippen LogP contribution is -2.24. The second kappa shape index (κ2) is 7.75. The summed E-state index contributed by atoms with van der Waals surface area (Å²) >= 11 is 0. The van der Waals surface area contributed by atoms with Gasteiger partial charge in [-0.25, -0.2) is 8.42 Å². The van der Waals surface area contributed by atoms with Crippen LogP contribution >= 0.6 is 0 Å². The summed E-state index contributed by atoms with van der Waals surface area (Å²) in [5.41, 5.74) is -0.158. The van der Waals surface area contributed by atoms with Crippen molar-refractivity contribution in [2.75, 3.05) is 6.54 Å². The summed E-state index contributed by atoms with van der Waals surface area (Å²) in [5, 5.41) is 0. The zero-order valence-corrected chi connectivity index (χ0v) is 16.0. The van der Waals surface area contributed by atoms with Gasteiger partial charge in [-0.3, -0.25) is 0 Å². The van der Waals surface area contributed by atoms with Crippen LogP contribution < -0.4 is 4.72 Å². The van der Waals surface area contributed by atoms with Crippen LogP contribution in [0.15, 0.2) is 53.4 Å². The molecule has 0 radical (unpaired) electrons. The molecule has 0 aliphatic heterocycles. The van der Waals surface area contributed by atoms with Crippen molar-refractivity contribution in [1.82, 2.24) is 4.72 Å². The zero-order chi connectivity index (χ0) is 20.3. The molecule has 0 fully saturated rings. The van der Waals surface area contributed by atoms with E-state index in [2.05, 4.69) is 16.6 Å². The fourth-order valence-corrected chi connectivity index (χ4v) is 3.25. The van der Waals surface area contributed by atoms with E-state index in [4.69, 9.17) is 0 Å². The summed E-state index contributed by atoms with van der Waals surface area (Å²) in [5.74, 6) is 4.81. The monoisotopic (exact) mass is 395 g/mol. The molecule has 0 amide bonds. The normalized spacial score (nSPS) is 12.4. The van der Waals surface area contributed by atoms with E-state index < -0.39 is 21.8 Å². The van der Waals surface area contributed by atoms with Crippen molar-refractivity contribution in [2.45, 2.75) is 37.3 Å². The minimum atomic E-state index is -4.51. The van der Waals surface area contributed by atoms with E-state index in [1.54, 1.807) is 12.1 Å². The van der Waals surface area contributed by atoms with E-state index >= 15 is 0 Å². The lowest BCUT2D eigenvalue weighted by Gasteiger charge is -2.19. The Balaban J connectivity index is 2.11. The Morgan fingerprint density at radius 2 is 1.56 bits per heavy atom. The van der Waals surface area contributed by atoms with Gasteiger partial charge in [0.2, 0.25) is 10.0 Å². The van der Waals surface area contributed by atoms with Gasteiger partial charge in [0.1, 0.15) is 0 Å². The summed E-state index contributed by atoms with van der Waals surface area (Å²) in [6.07, 6.45) is -4.51. The average Bonchev–Trinajstić information content (AvgIpc) is 2.57. The highest BCUT2D eigenvalue weighted by atomic mass is 32.2. The molecule has 3 nitrogen and oxygen atoms in total. The maximum absolute atomic E-state index is 12.9. The van der Waals surface area contributed by atoms with Gasteiger partial charge in [0.15, 0.2) is 0 Å². The molecule has 0 heterocycles. The van der Waals surface area contributed by atoms with Gasteiger partial charge >= 0.3 is 6.18 Å². The lowest BCUT2D eigenvalue weighted by molar-refractivity contribution is -0.137. The highest BCUT2D eigenvalue weighted by Gasteiger charge is 2.32. The van der Waals surface area contributed by atoms with Crippen LogP contribution in [-0.4, -0.2) is 15.0 Å². The highest BCUT2D eigenvalue weighted by molar-refractivity contribution is 7.89. The Bertz CT molecular complexity index is 961. The van der Waals surface area contributed by atoms with Crippen LogP contribution in [0.2, 0.25) is 0 Å². The van der Waals surface area contributed by atoms with Crippen molar-refractivity contribution in [3.8, 4) is 11.8 Å². The predicted molar refractivity (Wildman–Crippen MR) is 98.7 cm³/mol. The van der Waals surface area contributed by atoms with E-state index in [1.165, 1.54) is 30.3 Å². The van der Waals surface area contributed by atoms with Crippen molar-refractivity contribution in [3.05, 3.63) is 65.2 Å². The fraction of sp³-hybridized carbons (Fsp3) is 0.300. The Morgan fingerprint density at radius 1 is 0.963 bits per heavy atom. The number of benzene rings is 2. The number of hydrogen-bond acceptors (Lipinski definition) is 2. The fourth-order valence-electron chi connectivity index (χ4n) is 2.33. The van der Waals surface area contributed by atoms with Crippen molar-refractivity contribution in [1.29, 1.82) is 0 Å². The molecule has 1 N–H and O–H groups in total. The van der Waals surface area contributed by atoms with E-state index in [0.717, 1.165) is 11.6 Å². The Kier molecular flexibility index (Phi) is 6.03. The van der Waals surface area contributed by atoms with Gasteiger partial charge in [0.05, 0.1) is 17.0 Å². The third-order valence-electron chi connectivity index (χ3n) is 3.84. The predicted octanol–water partition coefficient (Wildman–Crippen LogP) is 4.33. The highest BCUT2D eigenvalue weighted by Crippen LogP contribution is 2.31. The van der Waals surface area contributed by atoms with Gasteiger partial charge in [-0.2, -0.15) is 17.9 Å². The summed E-state index contributed by atoms with van der Waals surface area (Å²) in [6, 6.07) is 11.4. The van der Waals surface area contributed by atoms with Crippen LogP contribution in [-0.2, 0) is 21.6 Å². The van der Waals surface area contributed by atoms with Crippen LogP contribution in [0.1, 0.15) is 37.5 Å². The summed E-state index contributed by atoms with van der Waals surface area (Å²) in [7, 11) is -3.79. The van der Waals surface area contributed by atoms with Crippen LogP contribution in [0.5, 0.6) is 0 Å². The number of rotatable bonds is 3. The Labute approximate surface area is 157 Å². The third-order valence-corrected chi connectivity index (χ3v) is 5.25. The van der Waals surface area contributed by atoms with E-state index in [9.17, 15) is 21.6 Å². The second-order valence-corrected chi connectivity index (χ2v) is 8.71. The van der Waals surface area contributed by atoms with Crippen molar-refractivity contribution in [3.63, 3.8) is 0 Å². The minimum absolute atomic E-state index is 0.0768. The number of hydrogen-bond donors (Lipinski definition) is 1. The third kappa shape index (κ3) is 5.59. The van der Waals surface area contributed by atoms with Gasteiger partial charge in [-0.05, 0) is 35.2 Å². The SMILES string of the molecule is CC(C)(C)c1ccc(S(=O)(=O)NCC#Cc2ccccc2C(F)(F)F)cc1. The van der Waals surface area contributed by atoms with Crippen molar-refractivity contribution >= 4 is 10.0 Å². The molecule has 0 spiro atoms. The van der Waals surface area contributed by atoms with Crippen LogP contribution in [0.4, 0.5) is 13.2 Å². The van der Waals surface area contributed by atoms with E-state index in [0.29, 0.717) is 0 Å². The van der Waals surface area contributed by atoms with E-state index in [1.807, 2.05) is 20.8 Å². The van der Waals surface area contributed by atoms with Gasteiger partial charge in [0, 0.05) is 5.56 Å². The second-order valence-electron chi connectivity index (χ2n) is 6.94. The van der Waals surface area contributed by atoms with Crippen LogP contribution in [0, 0.1) is 11.8 Å². The maximum Gasteiger partial charge on any atom is 0.417 e. The zero-order valence-electron chi connectivity index (χ0n) is 15.2. The molecular weight excluding hydrogens is 375 g/mol. The van der Waals surface area contributed by atoms with Crippen LogP contribution in [0.3, 0.4) is 0 Å². The molecule has 0 atom stereocenters. The Morgan fingerprint density at radius 3 is 2.11 bits per heavy atom. The van der Waals surface area contributed by atoms with Gasteiger partial charge in [-0.1, -0.05) is 56.9 Å². The molecular formula is C20H20F3NO2S. The molecule has 7 heteroatoms. The first-order valence-corrected chi connectivity index (χ1v) is 9.65. The largest absolute Gasteiger partial charge is 0.417 e. The standard InChI is InChI=1S/C20H20F3NO2S/c1-19(2,3)16-10-12-17(13-11-16)27(25,26)24-14-6-8-15-7-4-5-9-18(15)20(21,22)23/h4-5,7,9-13,24H,14H2,1-3H3. The lowest BCUT2D eigenvalue weighted by atomic mass is 9.87. The maximum atomic E-state index is 12.9. The summed E-state index contributed by atoms with van der Waals surface area (Å²) in [4.78, 5) is 0.0768. The van der Waals surface area contributed by atoms with E-state index in [-0.39, 0.29) is 22.4 Å². The van der Waals surface area contributed by atoms with Crippen molar-refractivity contribution in [2.24, 2.45) is 0 Å². The minimum Gasteiger partial charge on any atom is -0.207 e. The van der Waals surface area contributed by atoms with Crippen molar-refractivity contribution < 1.29 is 21.6 Å². The average molecular weight is 395 g/mol. The first kappa shape index (κ1) is 21.0. The number of halogens is 3. The molecule has 144 valence electrons. The molecule has 0 aliphatic carbocycles. The summed E-state index contributed by atoms with van der Waals surface area (Å²) < 4.78 is 65.5. The number of nitrogens with one attached hydrogen (secondary N) is 1. The molecule has 2 rings (SSSR count). The number of alkyl halides is 3. The topological polar surface area (TPSA) is 46.2 Å². The quantitative estimate of drug-likeness (QED) is 0.787. The molecule has 27 heavy (non-hydrogen) atoms. The van der Waals surface area contributed by atoms with Gasteiger partial charge in [-0.15, -0.1) is 0 Å². The molecule has 0 saturated heterocycles. The molecule has 0 aromatic heterocycles. The molecule has 2 aromatic rings. The first-order chi connectivity index (χ1) is 12.4. The smallest absolute Gasteiger partial charge is 0.207 e. The molecule has 2 aromatic carbocycles. The van der Waals surface area contributed by atoms with Gasteiger partial charge < -0.3 is 0 Å². The molecule has 0 saturated carbocycles.